The van der Waals surface area contributed by atoms with Gasteiger partial charge in [-0.2, -0.15) is 15.0 Å². The van der Waals surface area contributed by atoms with Crippen LogP contribution < -0.4 is 20.5 Å². The maximum absolute atomic E-state index is 12.0. The highest BCUT2D eigenvalue weighted by Gasteiger charge is 2.12. The molecular weight excluding hydrogens is 386 g/mol. The second-order valence-corrected chi connectivity index (χ2v) is 6.43. The molecule has 3 aromatic rings. The monoisotopic (exact) mass is 405 g/mol. The van der Waals surface area contributed by atoms with E-state index in [9.17, 15) is 4.79 Å². The van der Waals surface area contributed by atoms with Gasteiger partial charge in [-0.1, -0.05) is 24.3 Å². The first-order chi connectivity index (χ1) is 14.6. The summed E-state index contributed by atoms with van der Waals surface area (Å²) < 4.78 is 15.8. The molecule has 0 amide bonds. The van der Waals surface area contributed by atoms with E-state index in [-0.39, 0.29) is 31.1 Å². The number of anilines is 3. The zero-order chi connectivity index (χ0) is 20.9. The maximum atomic E-state index is 12.0. The van der Waals surface area contributed by atoms with Crippen LogP contribution in [0.5, 0.6) is 11.5 Å². The molecule has 0 unspecified atom stereocenters. The van der Waals surface area contributed by atoms with Crippen LogP contribution in [0.3, 0.4) is 0 Å². The second kappa shape index (κ2) is 8.48. The molecule has 9 nitrogen and oxygen atoms in total. The SMILES string of the molecule is Cc1ccccc1Nc1nc(N)nc(COC(=O)/C=C\c2ccc3c(c2)OCO3)n1. The molecule has 0 saturated carbocycles. The van der Waals surface area contributed by atoms with Crippen molar-refractivity contribution in [1.29, 1.82) is 0 Å². The maximum Gasteiger partial charge on any atom is 0.331 e. The topological polar surface area (TPSA) is 121 Å². The third-order valence-electron chi connectivity index (χ3n) is 4.24. The van der Waals surface area contributed by atoms with Gasteiger partial charge in [0.15, 0.2) is 23.9 Å². The number of para-hydroxylation sites is 1. The number of benzene rings is 2. The number of aromatic nitrogens is 3. The number of nitrogens with two attached hydrogens (primary N) is 1. The number of fused-ring (bicyclic) bond motifs is 1. The number of nitrogens with zero attached hydrogens (tertiary/aromatic N) is 3. The zero-order valence-electron chi connectivity index (χ0n) is 16.2. The normalized spacial score (nSPS) is 12.2. The molecule has 0 saturated heterocycles. The van der Waals surface area contributed by atoms with E-state index >= 15 is 0 Å². The summed E-state index contributed by atoms with van der Waals surface area (Å²) in [6, 6.07) is 13.1. The van der Waals surface area contributed by atoms with Gasteiger partial charge < -0.3 is 25.3 Å². The Balaban J connectivity index is 1.37. The lowest BCUT2D eigenvalue weighted by atomic mass is 10.2. The lowest BCUT2D eigenvalue weighted by Crippen LogP contribution is -2.10. The van der Waals surface area contributed by atoms with Gasteiger partial charge in [0.2, 0.25) is 18.7 Å². The summed E-state index contributed by atoms with van der Waals surface area (Å²) in [6.45, 7) is 2.02. The van der Waals surface area contributed by atoms with Crippen molar-refractivity contribution in [3.8, 4) is 11.5 Å². The summed E-state index contributed by atoms with van der Waals surface area (Å²) >= 11 is 0. The van der Waals surface area contributed by atoms with E-state index in [1.807, 2.05) is 37.3 Å². The number of hydrogen-bond donors (Lipinski definition) is 2. The van der Waals surface area contributed by atoms with Crippen LogP contribution >= 0.6 is 0 Å². The van der Waals surface area contributed by atoms with Gasteiger partial charge in [0.25, 0.3) is 0 Å². The first-order valence-electron chi connectivity index (χ1n) is 9.14. The van der Waals surface area contributed by atoms with Crippen molar-refractivity contribution in [2.24, 2.45) is 0 Å². The van der Waals surface area contributed by atoms with Crippen LogP contribution in [0.25, 0.3) is 6.08 Å². The summed E-state index contributed by atoms with van der Waals surface area (Å²) in [7, 11) is 0. The van der Waals surface area contributed by atoms with Crippen LogP contribution in [0.1, 0.15) is 17.0 Å². The summed E-state index contributed by atoms with van der Waals surface area (Å²) in [4.78, 5) is 24.4. The van der Waals surface area contributed by atoms with Gasteiger partial charge in [0.1, 0.15) is 0 Å². The molecule has 0 aliphatic carbocycles. The van der Waals surface area contributed by atoms with Gasteiger partial charge >= 0.3 is 5.97 Å². The highest BCUT2D eigenvalue weighted by atomic mass is 16.7. The van der Waals surface area contributed by atoms with E-state index in [2.05, 4.69) is 20.3 Å². The third kappa shape index (κ3) is 4.64. The van der Waals surface area contributed by atoms with Gasteiger partial charge in [-0.3, -0.25) is 0 Å². The minimum Gasteiger partial charge on any atom is -0.454 e. The summed E-state index contributed by atoms with van der Waals surface area (Å²) in [5.41, 5.74) is 8.41. The van der Waals surface area contributed by atoms with Gasteiger partial charge in [0.05, 0.1) is 0 Å². The van der Waals surface area contributed by atoms with Crippen LogP contribution in [0, 0.1) is 6.92 Å². The smallest absolute Gasteiger partial charge is 0.331 e. The predicted octanol–water partition coefficient (Wildman–Crippen LogP) is 2.99. The van der Waals surface area contributed by atoms with Crippen LogP contribution in [0.15, 0.2) is 48.5 Å². The molecule has 4 rings (SSSR count). The lowest BCUT2D eigenvalue weighted by molar-refractivity contribution is -0.139. The molecular formula is C21H19N5O4. The molecule has 1 aliphatic rings. The molecule has 2 heterocycles. The molecule has 2 aromatic carbocycles. The summed E-state index contributed by atoms with van der Waals surface area (Å²) in [5.74, 6) is 1.32. The van der Waals surface area contributed by atoms with Crippen molar-refractivity contribution in [3.63, 3.8) is 0 Å². The minimum absolute atomic E-state index is 0.0306. The fourth-order valence-electron chi connectivity index (χ4n) is 2.76. The molecule has 0 spiro atoms. The Kier molecular flexibility index (Phi) is 5.42. The van der Waals surface area contributed by atoms with Crippen molar-refractivity contribution < 1.29 is 19.0 Å². The third-order valence-corrected chi connectivity index (χ3v) is 4.24. The van der Waals surface area contributed by atoms with Crippen LogP contribution in [-0.2, 0) is 16.1 Å². The fourth-order valence-corrected chi connectivity index (χ4v) is 2.76. The van der Waals surface area contributed by atoms with Gasteiger partial charge in [-0.15, -0.1) is 0 Å². The van der Waals surface area contributed by atoms with Crippen molar-refractivity contribution in [2.75, 3.05) is 17.8 Å². The van der Waals surface area contributed by atoms with Crippen LogP contribution in [0.4, 0.5) is 17.6 Å². The molecule has 3 N–H and O–H groups in total. The number of carbonyl (C=O) groups is 1. The molecule has 0 radical (unpaired) electrons. The van der Waals surface area contributed by atoms with E-state index in [4.69, 9.17) is 19.9 Å². The number of hydrogen-bond acceptors (Lipinski definition) is 9. The van der Waals surface area contributed by atoms with E-state index < -0.39 is 5.97 Å². The molecule has 30 heavy (non-hydrogen) atoms. The molecule has 0 atom stereocenters. The Morgan fingerprint density at radius 3 is 2.87 bits per heavy atom. The van der Waals surface area contributed by atoms with Crippen LogP contribution in [-0.4, -0.2) is 27.7 Å². The van der Waals surface area contributed by atoms with Gasteiger partial charge in [-0.05, 0) is 42.3 Å². The number of rotatable bonds is 6. The molecule has 1 aromatic heterocycles. The zero-order valence-corrected chi connectivity index (χ0v) is 16.2. The minimum atomic E-state index is -0.542. The molecule has 9 heteroatoms. The van der Waals surface area contributed by atoms with Crippen molar-refractivity contribution in [2.45, 2.75) is 13.5 Å². The van der Waals surface area contributed by atoms with Gasteiger partial charge in [-0.25, -0.2) is 4.79 Å². The Bertz CT molecular complexity index is 1120. The number of carbonyl (C=O) groups excluding carboxylic acids is 1. The largest absolute Gasteiger partial charge is 0.454 e. The quantitative estimate of drug-likeness (QED) is 0.471. The highest BCUT2D eigenvalue weighted by Crippen LogP contribution is 2.32. The Labute approximate surface area is 172 Å². The average molecular weight is 405 g/mol. The van der Waals surface area contributed by atoms with Gasteiger partial charge in [0, 0.05) is 11.8 Å². The Morgan fingerprint density at radius 2 is 2.00 bits per heavy atom. The summed E-state index contributed by atoms with van der Waals surface area (Å²) in [6.07, 6.45) is 2.94. The molecule has 152 valence electrons. The highest BCUT2D eigenvalue weighted by molar-refractivity contribution is 5.87. The van der Waals surface area contributed by atoms with E-state index in [1.54, 1.807) is 18.2 Å². The van der Waals surface area contributed by atoms with Crippen LogP contribution in [0.2, 0.25) is 0 Å². The first kappa shape index (κ1) is 19.2. The van der Waals surface area contributed by atoms with E-state index in [1.165, 1.54) is 6.08 Å². The Hall–Kier alpha value is -4.14. The van der Waals surface area contributed by atoms with Crippen molar-refractivity contribution >= 4 is 29.6 Å². The lowest BCUT2D eigenvalue weighted by Gasteiger charge is -2.09. The van der Waals surface area contributed by atoms with Crippen molar-refractivity contribution in [3.05, 3.63) is 65.5 Å². The van der Waals surface area contributed by atoms with Crippen molar-refractivity contribution in [1.82, 2.24) is 15.0 Å². The number of nitrogens with one attached hydrogen (secondary N) is 1. The molecule has 1 aliphatic heterocycles. The number of nitrogen functional groups attached to an aromatic ring is 1. The predicted molar refractivity (Wildman–Crippen MR) is 110 cm³/mol. The standard InChI is InChI=1S/C21H19N5O4/c1-13-4-2-3-5-15(13)23-21-25-18(24-20(22)26-21)11-28-19(27)9-7-14-6-8-16-17(10-14)30-12-29-16/h2-10H,11-12H2,1H3,(H3,22,23,24,25,26)/b9-7-. The number of ether oxygens (including phenoxy) is 3. The van der Waals surface area contributed by atoms with E-state index in [0.717, 1.165) is 16.8 Å². The Morgan fingerprint density at radius 1 is 1.17 bits per heavy atom. The molecule has 0 bridgehead atoms. The van der Waals surface area contributed by atoms with E-state index in [0.29, 0.717) is 11.5 Å². The fraction of sp³-hybridized carbons (Fsp3) is 0.143. The second-order valence-electron chi connectivity index (χ2n) is 6.43. The number of aryl methyl sites for hydroxylation is 1. The first-order valence-corrected chi connectivity index (χ1v) is 9.14. The summed E-state index contributed by atoms with van der Waals surface area (Å²) in [5, 5.41) is 3.09. The number of esters is 1. The molecule has 0 fully saturated rings. The average Bonchev–Trinajstić information content (AvgIpc) is 3.20.